The molecule has 1 saturated heterocycles. The van der Waals surface area contributed by atoms with Gasteiger partial charge in [-0.3, -0.25) is 0 Å². The van der Waals surface area contributed by atoms with Gasteiger partial charge in [-0.2, -0.15) is 4.31 Å². The van der Waals surface area contributed by atoms with Gasteiger partial charge in [-0.1, -0.05) is 0 Å². The summed E-state index contributed by atoms with van der Waals surface area (Å²) in [6.07, 6.45) is 1.59. The van der Waals surface area contributed by atoms with E-state index in [0.717, 1.165) is 12.8 Å². The molecule has 1 unspecified atom stereocenters. The number of benzene rings is 1. The van der Waals surface area contributed by atoms with E-state index in [9.17, 15) is 8.42 Å². The molecular weight excluding hydrogens is 352 g/mol. The van der Waals surface area contributed by atoms with Crippen LogP contribution < -0.4 is 15.2 Å². The second-order valence-corrected chi connectivity index (χ2v) is 7.98. The standard InChI is InChI=1S/C16H26N2O4S.ClH/c1-11-9-14(21-3)15(22-4)10-16(11)23(19,20)18-7-5-13(6-8-18)12(2)17;/h9-10,12-13H,5-8,17H2,1-4H3;1H. The fourth-order valence-corrected chi connectivity index (χ4v) is 4.71. The lowest BCUT2D eigenvalue weighted by atomic mass is 9.92. The number of halogens is 1. The number of ether oxygens (including phenoxy) is 2. The highest BCUT2D eigenvalue weighted by atomic mass is 35.5. The van der Waals surface area contributed by atoms with Gasteiger partial charge in [0.2, 0.25) is 10.0 Å². The number of methoxy groups -OCH3 is 2. The van der Waals surface area contributed by atoms with E-state index in [1.54, 1.807) is 23.4 Å². The molecule has 0 aromatic heterocycles. The molecule has 2 rings (SSSR count). The van der Waals surface area contributed by atoms with E-state index in [1.165, 1.54) is 14.2 Å². The molecule has 1 aliphatic heterocycles. The van der Waals surface area contributed by atoms with Crippen LogP contribution in [0.4, 0.5) is 0 Å². The quantitative estimate of drug-likeness (QED) is 0.849. The number of sulfonamides is 1. The Hall–Kier alpha value is -1.02. The van der Waals surface area contributed by atoms with Crippen molar-refractivity contribution in [2.75, 3.05) is 27.3 Å². The Balaban J connectivity index is 0.00000288. The van der Waals surface area contributed by atoms with Gasteiger partial charge in [0.25, 0.3) is 0 Å². The van der Waals surface area contributed by atoms with Gasteiger partial charge < -0.3 is 15.2 Å². The number of nitrogens with two attached hydrogens (primary N) is 1. The fraction of sp³-hybridized carbons (Fsp3) is 0.625. The molecule has 0 bridgehead atoms. The number of rotatable bonds is 5. The van der Waals surface area contributed by atoms with Crippen LogP contribution in [0.5, 0.6) is 11.5 Å². The minimum absolute atomic E-state index is 0. The Labute approximate surface area is 150 Å². The Kier molecular flexibility index (Phi) is 7.34. The predicted molar refractivity (Wildman–Crippen MR) is 96.7 cm³/mol. The molecular formula is C16H27ClN2O4S. The summed E-state index contributed by atoms with van der Waals surface area (Å²) in [7, 11) is -0.513. The topological polar surface area (TPSA) is 81.9 Å². The van der Waals surface area contributed by atoms with Crippen molar-refractivity contribution in [2.24, 2.45) is 11.7 Å². The molecule has 8 heteroatoms. The first-order chi connectivity index (χ1) is 10.8. The zero-order valence-electron chi connectivity index (χ0n) is 14.6. The molecule has 1 atom stereocenters. The first kappa shape index (κ1) is 21.0. The van der Waals surface area contributed by atoms with Gasteiger partial charge in [0, 0.05) is 25.2 Å². The smallest absolute Gasteiger partial charge is 0.243 e. The van der Waals surface area contributed by atoms with Gasteiger partial charge in [-0.25, -0.2) is 8.42 Å². The maximum Gasteiger partial charge on any atom is 0.243 e. The number of hydrogen-bond donors (Lipinski definition) is 1. The molecule has 1 aromatic rings. The Bertz CT molecular complexity index is 656. The maximum absolute atomic E-state index is 13.0. The lowest BCUT2D eigenvalue weighted by Crippen LogP contribution is -2.42. The molecule has 0 spiro atoms. The van der Waals surface area contributed by atoms with E-state index in [2.05, 4.69) is 0 Å². The summed E-state index contributed by atoms with van der Waals surface area (Å²) in [5, 5.41) is 0. The normalized spacial score (nSPS) is 17.9. The van der Waals surface area contributed by atoms with Gasteiger partial charge in [0.05, 0.1) is 19.1 Å². The average Bonchev–Trinajstić information content (AvgIpc) is 2.54. The van der Waals surface area contributed by atoms with Crippen LogP contribution >= 0.6 is 12.4 Å². The first-order valence-corrected chi connectivity index (χ1v) is 9.23. The predicted octanol–water partition coefficient (Wildman–Crippen LogP) is 2.18. The third-order valence-corrected chi connectivity index (χ3v) is 6.58. The number of hydrogen-bond acceptors (Lipinski definition) is 5. The third kappa shape index (κ3) is 4.14. The van der Waals surface area contributed by atoms with Gasteiger partial charge in [-0.05, 0) is 44.2 Å². The Morgan fingerprint density at radius 1 is 1.17 bits per heavy atom. The molecule has 0 radical (unpaired) electrons. The zero-order valence-corrected chi connectivity index (χ0v) is 16.2. The molecule has 1 aliphatic rings. The molecule has 1 fully saturated rings. The van der Waals surface area contributed by atoms with Crippen LogP contribution in [0, 0.1) is 12.8 Å². The second kappa shape index (κ2) is 8.38. The maximum atomic E-state index is 13.0. The summed E-state index contributed by atoms with van der Waals surface area (Å²) < 4.78 is 37.9. The van der Waals surface area contributed by atoms with E-state index < -0.39 is 10.0 Å². The van der Waals surface area contributed by atoms with Gasteiger partial charge in [0.15, 0.2) is 11.5 Å². The highest BCUT2D eigenvalue weighted by molar-refractivity contribution is 7.89. The van der Waals surface area contributed by atoms with Crippen molar-refractivity contribution in [1.82, 2.24) is 4.31 Å². The molecule has 1 heterocycles. The highest BCUT2D eigenvalue weighted by Crippen LogP contribution is 2.34. The van der Waals surface area contributed by atoms with Crippen molar-refractivity contribution in [3.8, 4) is 11.5 Å². The monoisotopic (exact) mass is 378 g/mol. The Morgan fingerprint density at radius 2 is 1.67 bits per heavy atom. The van der Waals surface area contributed by atoms with Crippen LogP contribution in [-0.2, 0) is 10.0 Å². The minimum atomic E-state index is -3.54. The summed E-state index contributed by atoms with van der Waals surface area (Å²) in [5.41, 5.74) is 6.58. The largest absolute Gasteiger partial charge is 0.493 e. The van der Waals surface area contributed by atoms with Crippen molar-refractivity contribution in [1.29, 1.82) is 0 Å². The molecule has 6 nitrogen and oxygen atoms in total. The van der Waals surface area contributed by atoms with Crippen LogP contribution in [0.2, 0.25) is 0 Å². The summed E-state index contributed by atoms with van der Waals surface area (Å²) in [6, 6.07) is 3.34. The number of nitrogens with zero attached hydrogens (tertiary/aromatic N) is 1. The Morgan fingerprint density at radius 3 is 2.12 bits per heavy atom. The molecule has 1 aromatic carbocycles. The second-order valence-electron chi connectivity index (χ2n) is 6.07. The van der Waals surface area contributed by atoms with Crippen LogP contribution in [-0.4, -0.2) is 46.1 Å². The van der Waals surface area contributed by atoms with Crippen LogP contribution in [0.25, 0.3) is 0 Å². The SMILES string of the molecule is COc1cc(C)c(S(=O)(=O)N2CCC(C(C)N)CC2)cc1OC.Cl. The summed E-state index contributed by atoms with van der Waals surface area (Å²) in [6.45, 7) is 4.75. The van der Waals surface area contributed by atoms with Crippen molar-refractivity contribution in [2.45, 2.75) is 37.6 Å². The average molecular weight is 379 g/mol. The van der Waals surface area contributed by atoms with Crippen molar-refractivity contribution in [3.63, 3.8) is 0 Å². The van der Waals surface area contributed by atoms with Crippen molar-refractivity contribution >= 4 is 22.4 Å². The lowest BCUT2D eigenvalue weighted by Gasteiger charge is -2.33. The first-order valence-electron chi connectivity index (χ1n) is 7.79. The van der Waals surface area contributed by atoms with Gasteiger partial charge in [0.1, 0.15) is 0 Å². The summed E-state index contributed by atoms with van der Waals surface area (Å²) >= 11 is 0. The zero-order chi connectivity index (χ0) is 17.2. The lowest BCUT2D eigenvalue weighted by molar-refractivity contribution is 0.250. The minimum Gasteiger partial charge on any atom is -0.493 e. The molecule has 0 aliphatic carbocycles. The number of piperidine rings is 1. The molecule has 138 valence electrons. The molecule has 24 heavy (non-hydrogen) atoms. The fourth-order valence-electron chi connectivity index (χ4n) is 3.02. The van der Waals surface area contributed by atoms with Crippen LogP contribution in [0.15, 0.2) is 17.0 Å². The van der Waals surface area contributed by atoms with E-state index >= 15 is 0 Å². The van der Waals surface area contributed by atoms with E-state index in [0.29, 0.717) is 36.1 Å². The number of aryl methyl sites for hydroxylation is 1. The molecule has 0 saturated carbocycles. The summed E-state index contributed by atoms with van der Waals surface area (Å²) in [4.78, 5) is 0.273. The molecule has 0 amide bonds. The highest BCUT2D eigenvalue weighted by Gasteiger charge is 2.32. The summed E-state index contributed by atoms with van der Waals surface area (Å²) in [5.74, 6) is 1.33. The third-order valence-electron chi connectivity index (χ3n) is 4.54. The van der Waals surface area contributed by atoms with Gasteiger partial charge in [-0.15, -0.1) is 12.4 Å². The van der Waals surface area contributed by atoms with E-state index in [4.69, 9.17) is 15.2 Å². The van der Waals surface area contributed by atoms with Crippen LogP contribution in [0.3, 0.4) is 0 Å². The van der Waals surface area contributed by atoms with Crippen molar-refractivity contribution in [3.05, 3.63) is 17.7 Å². The van der Waals surface area contributed by atoms with Crippen LogP contribution in [0.1, 0.15) is 25.3 Å². The molecule has 2 N–H and O–H groups in total. The van der Waals surface area contributed by atoms with E-state index in [-0.39, 0.29) is 23.3 Å². The van der Waals surface area contributed by atoms with Crippen molar-refractivity contribution < 1.29 is 17.9 Å². The van der Waals surface area contributed by atoms with Gasteiger partial charge >= 0.3 is 0 Å². The van der Waals surface area contributed by atoms with E-state index in [1.807, 2.05) is 6.92 Å².